The fraction of sp³-hybridized carbons (Fsp3) is 0.500. The summed E-state index contributed by atoms with van der Waals surface area (Å²) >= 11 is 6.34. The van der Waals surface area contributed by atoms with Gasteiger partial charge < -0.3 is 14.2 Å². The summed E-state index contributed by atoms with van der Waals surface area (Å²) in [5.41, 5.74) is 0.628. The highest BCUT2D eigenvalue weighted by atomic mass is 35.5. The lowest BCUT2D eigenvalue weighted by atomic mass is 10.1. The van der Waals surface area contributed by atoms with E-state index in [9.17, 15) is 4.79 Å². The summed E-state index contributed by atoms with van der Waals surface area (Å²) in [6.45, 7) is 0. The van der Waals surface area contributed by atoms with Gasteiger partial charge in [-0.15, -0.1) is 0 Å². The average Bonchev–Trinajstić information content (AvgIpc) is 3.28. The molecule has 6 heteroatoms. The molecule has 0 bridgehead atoms. The number of halogens is 1. The Bertz CT molecular complexity index is 502. The van der Waals surface area contributed by atoms with Crippen molar-refractivity contribution >= 4 is 17.6 Å². The number of benzene rings is 1. The number of carbonyl (C=O) groups excluding carboxylic acids is 1. The number of esters is 1. The molecule has 1 saturated carbocycles. The van der Waals surface area contributed by atoms with E-state index in [1.807, 2.05) is 0 Å². The van der Waals surface area contributed by atoms with Crippen LogP contribution >= 0.6 is 11.6 Å². The minimum atomic E-state index is -0.597. The molecule has 1 aliphatic carbocycles. The van der Waals surface area contributed by atoms with E-state index >= 15 is 0 Å². The SMILES string of the molecule is COC(=O)C(NC1CC1)c1ccc(OC)c(OC)c1Cl. The highest BCUT2D eigenvalue weighted by Gasteiger charge is 2.32. The second kappa shape index (κ2) is 6.33. The zero-order valence-electron chi connectivity index (χ0n) is 11.7. The van der Waals surface area contributed by atoms with Crippen molar-refractivity contribution < 1.29 is 19.0 Å². The summed E-state index contributed by atoms with van der Waals surface area (Å²) < 4.78 is 15.3. The number of methoxy groups -OCH3 is 3. The van der Waals surface area contributed by atoms with Crippen molar-refractivity contribution in [2.24, 2.45) is 0 Å². The Balaban J connectivity index is 2.39. The van der Waals surface area contributed by atoms with Gasteiger partial charge in [0.15, 0.2) is 11.5 Å². The normalized spacial score (nSPS) is 15.6. The first kappa shape index (κ1) is 14.9. The van der Waals surface area contributed by atoms with Crippen LogP contribution in [0.1, 0.15) is 24.4 Å². The van der Waals surface area contributed by atoms with Crippen LogP contribution in [0, 0.1) is 0 Å². The number of carbonyl (C=O) groups is 1. The molecule has 20 heavy (non-hydrogen) atoms. The monoisotopic (exact) mass is 299 g/mol. The van der Waals surface area contributed by atoms with Gasteiger partial charge in [-0.1, -0.05) is 17.7 Å². The van der Waals surface area contributed by atoms with Gasteiger partial charge in [-0.05, 0) is 18.9 Å². The molecule has 0 heterocycles. The Morgan fingerprint density at radius 2 is 2.00 bits per heavy atom. The smallest absolute Gasteiger partial charge is 0.327 e. The maximum atomic E-state index is 12.0. The third-order valence-corrected chi connectivity index (χ3v) is 3.63. The maximum Gasteiger partial charge on any atom is 0.327 e. The predicted molar refractivity (Wildman–Crippen MR) is 75.5 cm³/mol. The molecule has 1 fully saturated rings. The van der Waals surface area contributed by atoms with E-state index in [2.05, 4.69) is 5.32 Å². The second-order valence-electron chi connectivity index (χ2n) is 4.60. The van der Waals surface area contributed by atoms with Crippen molar-refractivity contribution in [2.75, 3.05) is 21.3 Å². The van der Waals surface area contributed by atoms with E-state index in [-0.39, 0.29) is 5.97 Å². The quantitative estimate of drug-likeness (QED) is 0.817. The molecule has 1 aliphatic rings. The van der Waals surface area contributed by atoms with Crippen molar-refractivity contribution in [2.45, 2.75) is 24.9 Å². The number of hydrogen-bond donors (Lipinski definition) is 1. The third-order valence-electron chi connectivity index (χ3n) is 3.24. The molecule has 5 nitrogen and oxygen atoms in total. The standard InChI is InChI=1S/C14H18ClNO4/c1-18-10-7-6-9(11(15)13(10)19-2)12(14(17)20-3)16-8-4-5-8/h6-8,12,16H,4-5H2,1-3H3. The molecule has 110 valence electrons. The molecule has 1 aromatic rings. The fourth-order valence-corrected chi connectivity index (χ4v) is 2.36. The van der Waals surface area contributed by atoms with E-state index in [0.717, 1.165) is 12.8 Å². The Kier molecular flexibility index (Phi) is 4.73. The Labute approximate surface area is 123 Å². The van der Waals surface area contributed by atoms with Crippen LogP contribution in [0.15, 0.2) is 12.1 Å². The molecule has 0 aromatic heterocycles. The number of rotatable bonds is 6. The highest BCUT2D eigenvalue weighted by molar-refractivity contribution is 6.33. The molecule has 0 spiro atoms. The molecule has 1 N–H and O–H groups in total. The van der Waals surface area contributed by atoms with E-state index < -0.39 is 6.04 Å². The van der Waals surface area contributed by atoms with Crippen LogP contribution in [0.4, 0.5) is 0 Å². The molecule has 0 aliphatic heterocycles. The zero-order chi connectivity index (χ0) is 14.7. The first-order valence-corrected chi connectivity index (χ1v) is 6.74. The van der Waals surface area contributed by atoms with E-state index in [4.69, 9.17) is 25.8 Å². The van der Waals surface area contributed by atoms with Crippen LogP contribution in [0.2, 0.25) is 5.02 Å². The lowest BCUT2D eigenvalue weighted by Crippen LogP contribution is -2.31. The van der Waals surface area contributed by atoms with Gasteiger partial charge in [0, 0.05) is 11.6 Å². The molecule has 0 saturated heterocycles. The number of ether oxygens (including phenoxy) is 3. The second-order valence-corrected chi connectivity index (χ2v) is 4.98. The van der Waals surface area contributed by atoms with Gasteiger partial charge in [0.05, 0.1) is 26.4 Å². The molecule has 2 rings (SSSR count). The fourth-order valence-electron chi connectivity index (χ4n) is 2.02. The van der Waals surface area contributed by atoms with Crippen molar-refractivity contribution in [3.8, 4) is 11.5 Å². The molecular formula is C14H18ClNO4. The highest BCUT2D eigenvalue weighted by Crippen LogP contribution is 2.40. The molecular weight excluding hydrogens is 282 g/mol. The first-order valence-electron chi connectivity index (χ1n) is 6.36. The topological polar surface area (TPSA) is 56.8 Å². The van der Waals surface area contributed by atoms with E-state index in [1.54, 1.807) is 12.1 Å². The minimum Gasteiger partial charge on any atom is -0.493 e. The van der Waals surface area contributed by atoms with Gasteiger partial charge in [0.1, 0.15) is 6.04 Å². The largest absolute Gasteiger partial charge is 0.493 e. The van der Waals surface area contributed by atoms with Gasteiger partial charge >= 0.3 is 5.97 Å². The molecule has 1 unspecified atom stereocenters. The Hall–Kier alpha value is -1.46. The number of nitrogens with one attached hydrogen (secondary N) is 1. The van der Waals surface area contributed by atoms with Crippen LogP contribution in [0.5, 0.6) is 11.5 Å². The van der Waals surface area contributed by atoms with E-state index in [1.165, 1.54) is 21.3 Å². The summed E-state index contributed by atoms with van der Waals surface area (Å²) in [4.78, 5) is 12.0. The predicted octanol–water partition coefficient (Wildman–Crippen LogP) is 2.32. The Morgan fingerprint density at radius 1 is 1.30 bits per heavy atom. The minimum absolute atomic E-state index is 0.336. The van der Waals surface area contributed by atoms with Crippen LogP contribution in [-0.2, 0) is 9.53 Å². The summed E-state index contributed by atoms with van der Waals surface area (Å²) in [5.74, 6) is 0.570. The van der Waals surface area contributed by atoms with Gasteiger partial charge in [0.25, 0.3) is 0 Å². The van der Waals surface area contributed by atoms with Crippen molar-refractivity contribution in [1.82, 2.24) is 5.32 Å². The molecule has 0 radical (unpaired) electrons. The summed E-state index contributed by atoms with van der Waals surface area (Å²) in [7, 11) is 4.40. The van der Waals surface area contributed by atoms with Crippen molar-refractivity contribution in [1.29, 1.82) is 0 Å². The van der Waals surface area contributed by atoms with Crippen LogP contribution in [-0.4, -0.2) is 33.3 Å². The molecule has 0 amide bonds. The van der Waals surface area contributed by atoms with Crippen molar-refractivity contribution in [3.63, 3.8) is 0 Å². The van der Waals surface area contributed by atoms with Gasteiger partial charge in [-0.25, -0.2) is 4.79 Å². The van der Waals surface area contributed by atoms with E-state index in [0.29, 0.717) is 28.1 Å². The molecule has 1 atom stereocenters. The third kappa shape index (κ3) is 2.99. The molecule has 1 aromatic carbocycles. The summed E-state index contributed by atoms with van der Waals surface area (Å²) in [6, 6.07) is 3.22. The van der Waals surface area contributed by atoms with Crippen molar-refractivity contribution in [3.05, 3.63) is 22.7 Å². The number of hydrogen-bond acceptors (Lipinski definition) is 5. The van der Waals surface area contributed by atoms with Crippen LogP contribution in [0.25, 0.3) is 0 Å². The first-order chi connectivity index (χ1) is 9.62. The van der Waals surface area contributed by atoms with Gasteiger partial charge in [-0.3, -0.25) is 5.32 Å². The summed E-state index contributed by atoms with van der Waals surface area (Å²) in [5, 5.41) is 3.59. The van der Waals surface area contributed by atoms with Crippen LogP contribution in [0.3, 0.4) is 0 Å². The van der Waals surface area contributed by atoms with Gasteiger partial charge in [0.2, 0.25) is 0 Å². The maximum absolute atomic E-state index is 12.0. The lowest BCUT2D eigenvalue weighted by Gasteiger charge is -2.20. The zero-order valence-corrected chi connectivity index (χ0v) is 12.5. The van der Waals surface area contributed by atoms with Gasteiger partial charge in [-0.2, -0.15) is 0 Å². The Morgan fingerprint density at radius 3 is 2.50 bits per heavy atom. The lowest BCUT2D eigenvalue weighted by molar-refractivity contribution is -0.143. The van der Waals surface area contributed by atoms with Crippen LogP contribution < -0.4 is 14.8 Å². The average molecular weight is 300 g/mol. The summed E-state index contributed by atoms with van der Waals surface area (Å²) in [6.07, 6.45) is 2.11.